The third-order valence-electron chi connectivity index (χ3n) is 3.78. The number of rotatable bonds is 4. The molecule has 1 aliphatic rings. The summed E-state index contributed by atoms with van der Waals surface area (Å²) in [4.78, 5) is 0.169. The van der Waals surface area contributed by atoms with Gasteiger partial charge in [0.25, 0.3) is 0 Å². The maximum absolute atomic E-state index is 11.1. The Morgan fingerprint density at radius 3 is 2.53 bits per heavy atom. The van der Waals surface area contributed by atoms with Crippen molar-refractivity contribution in [3.8, 4) is 0 Å². The van der Waals surface area contributed by atoms with Crippen LogP contribution in [0, 0.1) is 5.92 Å². The lowest BCUT2D eigenvalue weighted by Crippen LogP contribution is -2.33. The molecule has 0 bridgehead atoms. The topological polar surface area (TPSA) is 72.2 Å². The van der Waals surface area contributed by atoms with Crippen LogP contribution in [0.3, 0.4) is 0 Å². The Labute approximate surface area is 115 Å². The quantitative estimate of drug-likeness (QED) is 0.887. The number of nitrogens with two attached hydrogens (primary N) is 1. The summed E-state index contributed by atoms with van der Waals surface area (Å²) in [7, 11) is -3.58. The Bertz CT molecular complexity index is 511. The fraction of sp³-hybridized carbons (Fsp3) is 0.571. The minimum absolute atomic E-state index is 0.169. The number of primary sulfonamides is 1. The van der Waals surface area contributed by atoms with Crippen LogP contribution in [0.25, 0.3) is 0 Å². The monoisotopic (exact) mass is 282 g/mol. The average molecular weight is 282 g/mol. The lowest BCUT2D eigenvalue weighted by molar-refractivity contribution is 0.300. The number of sulfonamides is 1. The summed E-state index contributed by atoms with van der Waals surface area (Å²) in [6.07, 6.45) is 5.10. The Hall–Kier alpha value is -0.910. The molecule has 0 saturated heterocycles. The van der Waals surface area contributed by atoms with E-state index in [-0.39, 0.29) is 4.90 Å². The van der Waals surface area contributed by atoms with Crippen molar-refractivity contribution >= 4 is 10.0 Å². The summed E-state index contributed by atoms with van der Waals surface area (Å²) in [5.74, 6) is 0.802. The first-order chi connectivity index (χ1) is 8.95. The fourth-order valence-corrected chi connectivity index (χ4v) is 3.19. The number of nitrogens with one attached hydrogen (secondary N) is 1. The lowest BCUT2D eigenvalue weighted by Gasteiger charge is -2.27. The van der Waals surface area contributed by atoms with Gasteiger partial charge in [0, 0.05) is 12.6 Å². The van der Waals surface area contributed by atoms with Gasteiger partial charge in [0.1, 0.15) is 0 Å². The van der Waals surface area contributed by atoms with Crippen LogP contribution in [-0.2, 0) is 16.6 Å². The van der Waals surface area contributed by atoms with E-state index in [4.69, 9.17) is 5.14 Å². The van der Waals surface area contributed by atoms with Crippen molar-refractivity contribution in [3.05, 3.63) is 29.8 Å². The Morgan fingerprint density at radius 1 is 1.26 bits per heavy atom. The predicted molar refractivity (Wildman–Crippen MR) is 76.1 cm³/mol. The van der Waals surface area contributed by atoms with Crippen LogP contribution in [0.1, 0.15) is 38.2 Å². The third-order valence-corrected chi connectivity index (χ3v) is 4.71. The molecule has 3 N–H and O–H groups in total. The smallest absolute Gasteiger partial charge is 0.238 e. The van der Waals surface area contributed by atoms with Gasteiger partial charge in [-0.05, 0) is 36.5 Å². The maximum atomic E-state index is 11.1. The lowest BCUT2D eigenvalue weighted by atomic mass is 9.87. The first-order valence-corrected chi connectivity index (χ1v) is 8.35. The average Bonchev–Trinajstić information content (AvgIpc) is 2.36. The molecule has 106 valence electrons. The van der Waals surface area contributed by atoms with Gasteiger partial charge in [0.2, 0.25) is 10.0 Å². The second-order valence-electron chi connectivity index (χ2n) is 5.54. The minimum Gasteiger partial charge on any atom is -0.310 e. The number of hydrogen-bond donors (Lipinski definition) is 2. The zero-order valence-electron chi connectivity index (χ0n) is 11.3. The highest BCUT2D eigenvalue weighted by Gasteiger charge is 2.18. The molecule has 2 unspecified atom stereocenters. The first kappa shape index (κ1) is 14.5. The van der Waals surface area contributed by atoms with E-state index in [0.717, 1.165) is 18.0 Å². The van der Waals surface area contributed by atoms with Gasteiger partial charge in [0.15, 0.2) is 0 Å². The largest absolute Gasteiger partial charge is 0.310 e. The highest BCUT2D eigenvalue weighted by molar-refractivity contribution is 7.89. The zero-order chi connectivity index (χ0) is 13.9. The Balaban J connectivity index is 1.89. The summed E-state index contributed by atoms with van der Waals surface area (Å²) in [5, 5.41) is 8.62. The molecule has 1 fully saturated rings. The van der Waals surface area contributed by atoms with E-state index in [1.807, 2.05) is 12.1 Å². The molecular weight excluding hydrogens is 260 g/mol. The number of hydrogen-bond acceptors (Lipinski definition) is 3. The fourth-order valence-electron chi connectivity index (χ4n) is 2.68. The van der Waals surface area contributed by atoms with Gasteiger partial charge in [-0.2, -0.15) is 0 Å². The SMILES string of the molecule is CC1CCCC(NCc2ccc(S(N)(=O)=O)cc2)C1. The summed E-state index contributed by atoms with van der Waals surface area (Å²) in [6, 6.07) is 7.35. The summed E-state index contributed by atoms with van der Waals surface area (Å²) in [6.45, 7) is 3.08. The standard InChI is InChI=1S/C14H22N2O2S/c1-11-3-2-4-13(9-11)16-10-12-5-7-14(8-6-12)19(15,17)18/h5-8,11,13,16H,2-4,9-10H2,1H3,(H2,15,17,18). The van der Waals surface area contributed by atoms with Crippen molar-refractivity contribution in [1.29, 1.82) is 0 Å². The van der Waals surface area contributed by atoms with E-state index in [1.54, 1.807) is 12.1 Å². The van der Waals surface area contributed by atoms with Crippen LogP contribution in [0.4, 0.5) is 0 Å². The van der Waals surface area contributed by atoms with Crippen LogP contribution in [0.2, 0.25) is 0 Å². The molecule has 5 heteroatoms. The Kier molecular flexibility index (Phi) is 4.60. The van der Waals surface area contributed by atoms with Crippen molar-refractivity contribution in [2.75, 3.05) is 0 Å². The van der Waals surface area contributed by atoms with Gasteiger partial charge in [-0.25, -0.2) is 13.6 Å². The van der Waals surface area contributed by atoms with Gasteiger partial charge in [-0.15, -0.1) is 0 Å². The maximum Gasteiger partial charge on any atom is 0.238 e. The van der Waals surface area contributed by atoms with Gasteiger partial charge < -0.3 is 5.32 Å². The van der Waals surface area contributed by atoms with E-state index >= 15 is 0 Å². The van der Waals surface area contributed by atoms with Crippen LogP contribution in [0.5, 0.6) is 0 Å². The molecular formula is C14H22N2O2S. The molecule has 0 amide bonds. The zero-order valence-corrected chi connectivity index (χ0v) is 12.1. The molecule has 2 atom stereocenters. The van der Waals surface area contributed by atoms with Crippen molar-refractivity contribution in [3.63, 3.8) is 0 Å². The van der Waals surface area contributed by atoms with Crippen molar-refractivity contribution in [1.82, 2.24) is 5.32 Å². The number of benzene rings is 1. The Morgan fingerprint density at radius 2 is 1.95 bits per heavy atom. The molecule has 4 nitrogen and oxygen atoms in total. The molecule has 0 aliphatic heterocycles. The summed E-state index contributed by atoms with van der Waals surface area (Å²) >= 11 is 0. The highest BCUT2D eigenvalue weighted by atomic mass is 32.2. The van der Waals surface area contributed by atoms with Crippen LogP contribution < -0.4 is 10.5 Å². The molecule has 1 aliphatic carbocycles. The molecule has 0 radical (unpaired) electrons. The molecule has 0 aromatic heterocycles. The van der Waals surface area contributed by atoms with Crippen LogP contribution in [-0.4, -0.2) is 14.5 Å². The molecule has 19 heavy (non-hydrogen) atoms. The van der Waals surface area contributed by atoms with E-state index in [1.165, 1.54) is 25.7 Å². The third kappa shape index (κ3) is 4.30. The van der Waals surface area contributed by atoms with E-state index in [2.05, 4.69) is 12.2 Å². The first-order valence-electron chi connectivity index (χ1n) is 6.80. The van der Waals surface area contributed by atoms with Crippen LogP contribution >= 0.6 is 0 Å². The molecule has 1 saturated carbocycles. The molecule has 2 rings (SSSR count). The highest BCUT2D eigenvalue weighted by Crippen LogP contribution is 2.23. The molecule has 0 heterocycles. The molecule has 1 aromatic carbocycles. The van der Waals surface area contributed by atoms with Gasteiger partial charge in [-0.1, -0.05) is 31.9 Å². The van der Waals surface area contributed by atoms with E-state index < -0.39 is 10.0 Å². The van der Waals surface area contributed by atoms with Gasteiger partial charge >= 0.3 is 0 Å². The van der Waals surface area contributed by atoms with Gasteiger partial charge in [0.05, 0.1) is 4.90 Å². The minimum atomic E-state index is -3.58. The second-order valence-corrected chi connectivity index (χ2v) is 7.10. The summed E-state index contributed by atoms with van der Waals surface area (Å²) < 4.78 is 22.3. The van der Waals surface area contributed by atoms with E-state index in [9.17, 15) is 8.42 Å². The predicted octanol–water partition coefficient (Wildman–Crippen LogP) is 2.00. The molecule has 0 spiro atoms. The van der Waals surface area contributed by atoms with Gasteiger partial charge in [-0.3, -0.25) is 0 Å². The van der Waals surface area contributed by atoms with Crippen molar-refractivity contribution in [2.45, 2.75) is 50.1 Å². The van der Waals surface area contributed by atoms with Crippen molar-refractivity contribution in [2.24, 2.45) is 11.1 Å². The second kappa shape index (κ2) is 6.03. The molecule has 1 aromatic rings. The summed E-state index contributed by atoms with van der Waals surface area (Å²) in [5.41, 5.74) is 1.09. The normalized spacial score (nSPS) is 24.3. The van der Waals surface area contributed by atoms with Crippen molar-refractivity contribution < 1.29 is 8.42 Å². The van der Waals surface area contributed by atoms with Crippen LogP contribution in [0.15, 0.2) is 29.2 Å². The van der Waals surface area contributed by atoms with E-state index in [0.29, 0.717) is 6.04 Å².